The van der Waals surface area contributed by atoms with E-state index in [1.807, 2.05) is 19.9 Å². The molecular weight excluding hydrogens is 233 g/mol. The Morgan fingerprint density at radius 3 is 2.94 bits per heavy atom. The summed E-state index contributed by atoms with van der Waals surface area (Å²) in [6, 6.07) is 0. The fourth-order valence-corrected chi connectivity index (χ4v) is 3.07. The number of aliphatic hydroxyl groups is 1. The number of hydrogen-bond acceptors (Lipinski definition) is 3. The zero-order valence-electron chi connectivity index (χ0n) is 11.0. The molecule has 0 aromatic rings. The normalized spacial score (nSPS) is 44.8. The van der Waals surface area contributed by atoms with Gasteiger partial charge in [-0.05, 0) is 25.8 Å². The minimum absolute atomic E-state index is 0.0310. The van der Waals surface area contributed by atoms with Gasteiger partial charge in [-0.2, -0.15) is 0 Å². The van der Waals surface area contributed by atoms with Gasteiger partial charge in [0.1, 0.15) is 5.83 Å². The molecule has 0 saturated carbocycles. The van der Waals surface area contributed by atoms with E-state index in [2.05, 4.69) is 0 Å². The lowest BCUT2D eigenvalue weighted by Gasteiger charge is -2.53. The summed E-state index contributed by atoms with van der Waals surface area (Å²) in [6.07, 6.45) is 6.36. The second-order valence-corrected chi connectivity index (χ2v) is 5.76. The van der Waals surface area contributed by atoms with Crippen LogP contribution in [0.3, 0.4) is 0 Å². The second kappa shape index (κ2) is 4.76. The monoisotopic (exact) mass is 255 g/mol. The molecule has 1 aliphatic heterocycles. The second-order valence-electron chi connectivity index (χ2n) is 5.76. The van der Waals surface area contributed by atoms with Crippen molar-refractivity contribution in [2.75, 3.05) is 13.2 Å². The van der Waals surface area contributed by atoms with E-state index in [1.54, 1.807) is 6.08 Å². The van der Waals surface area contributed by atoms with Crippen LogP contribution < -0.4 is 5.73 Å². The van der Waals surface area contributed by atoms with Crippen LogP contribution in [0, 0.1) is 11.3 Å². The van der Waals surface area contributed by atoms with Crippen LogP contribution in [0.25, 0.3) is 0 Å². The summed E-state index contributed by atoms with van der Waals surface area (Å²) in [6.45, 7) is 4.03. The van der Waals surface area contributed by atoms with E-state index in [1.165, 1.54) is 6.08 Å². The van der Waals surface area contributed by atoms with Gasteiger partial charge in [0.05, 0.1) is 18.2 Å². The van der Waals surface area contributed by atoms with E-state index in [0.717, 1.165) is 0 Å². The van der Waals surface area contributed by atoms with Gasteiger partial charge in [0.2, 0.25) is 0 Å². The fraction of sp³-hybridized carbons (Fsp3) is 0.714. The van der Waals surface area contributed by atoms with E-state index in [0.29, 0.717) is 12.8 Å². The Morgan fingerprint density at radius 2 is 2.33 bits per heavy atom. The Hall–Kier alpha value is -0.710. The third kappa shape index (κ3) is 1.92. The predicted octanol–water partition coefficient (Wildman–Crippen LogP) is 1.92. The zero-order valence-corrected chi connectivity index (χ0v) is 11.0. The van der Waals surface area contributed by atoms with E-state index < -0.39 is 11.0 Å². The number of aliphatic hydroxyl groups excluding tert-OH is 1. The van der Waals surface area contributed by atoms with Crippen LogP contribution in [0.1, 0.15) is 26.7 Å². The summed E-state index contributed by atoms with van der Waals surface area (Å²) >= 11 is 0. The van der Waals surface area contributed by atoms with Gasteiger partial charge in [-0.3, -0.25) is 0 Å². The smallest absolute Gasteiger partial charge is 0.108 e. The molecule has 0 bridgehead atoms. The molecule has 1 heterocycles. The Balaban J connectivity index is 2.34. The first-order valence-electron chi connectivity index (χ1n) is 6.48. The summed E-state index contributed by atoms with van der Waals surface area (Å²) in [5.41, 5.74) is 4.82. The summed E-state index contributed by atoms with van der Waals surface area (Å²) in [7, 11) is 0. The van der Waals surface area contributed by atoms with Crippen molar-refractivity contribution in [1.29, 1.82) is 0 Å². The zero-order chi connectivity index (χ0) is 13.4. The highest BCUT2D eigenvalue weighted by Crippen LogP contribution is 2.49. The molecule has 4 atom stereocenters. The summed E-state index contributed by atoms with van der Waals surface area (Å²) in [4.78, 5) is 0. The molecule has 0 radical (unpaired) electrons. The SMILES string of the molecule is C[C@H]1C[C@@H](CO)[C@](N)(C2(C)CC=CC=C2F)CO1. The molecule has 1 unspecified atom stereocenters. The lowest BCUT2D eigenvalue weighted by Crippen LogP contribution is -2.66. The molecule has 0 aromatic carbocycles. The van der Waals surface area contributed by atoms with Gasteiger partial charge in [-0.15, -0.1) is 0 Å². The number of rotatable bonds is 2. The Labute approximate surface area is 108 Å². The molecule has 3 N–H and O–H groups in total. The predicted molar refractivity (Wildman–Crippen MR) is 68.6 cm³/mol. The molecule has 0 spiro atoms. The first kappa shape index (κ1) is 13.7. The van der Waals surface area contributed by atoms with Gasteiger partial charge in [0.15, 0.2) is 0 Å². The number of halogens is 1. The van der Waals surface area contributed by atoms with Crippen LogP contribution in [0.4, 0.5) is 4.39 Å². The van der Waals surface area contributed by atoms with Crippen LogP contribution in [0.15, 0.2) is 24.1 Å². The van der Waals surface area contributed by atoms with E-state index >= 15 is 0 Å². The molecule has 1 fully saturated rings. The summed E-state index contributed by atoms with van der Waals surface area (Å²) in [5, 5.41) is 9.58. The van der Waals surface area contributed by atoms with Crippen molar-refractivity contribution in [3.63, 3.8) is 0 Å². The highest BCUT2D eigenvalue weighted by atomic mass is 19.1. The summed E-state index contributed by atoms with van der Waals surface area (Å²) < 4.78 is 19.9. The largest absolute Gasteiger partial charge is 0.396 e. The molecule has 4 heteroatoms. The molecular formula is C14H22FNO2. The number of nitrogens with two attached hydrogens (primary N) is 1. The van der Waals surface area contributed by atoms with E-state index in [-0.39, 0.29) is 31.1 Å². The number of hydrogen-bond donors (Lipinski definition) is 2. The first-order chi connectivity index (χ1) is 8.44. The van der Waals surface area contributed by atoms with Crippen LogP contribution >= 0.6 is 0 Å². The minimum Gasteiger partial charge on any atom is -0.396 e. The standard InChI is InChI=1S/C14H22FNO2/c1-10-7-11(8-17)14(16,9-18-10)13(2)6-4-3-5-12(13)15/h3-5,10-11,17H,6-9,16H2,1-2H3/t10-,11-,13?,14-/m0/s1. The van der Waals surface area contributed by atoms with E-state index in [9.17, 15) is 9.50 Å². The van der Waals surface area contributed by atoms with Crippen molar-refractivity contribution < 1.29 is 14.2 Å². The van der Waals surface area contributed by atoms with Crippen molar-refractivity contribution in [1.82, 2.24) is 0 Å². The number of ether oxygens (including phenoxy) is 1. The van der Waals surface area contributed by atoms with Gasteiger partial charge >= 0.3 is 0 Å². The third-order valence-electron chi connectivity index (χ3n) is 4.63. The Kier molecular flexibility index (Phi) is 3.63. The fourth-order valence-electron chi connectivity index (χ4n) is 3.07. The molecule has 18 heavy (non-hydrogen) atoms. The molecule has 102 valence electrons. The van der Waals surface area contributed by atoms with Crippen LogP contribution in [-0.2, 0) is 4.74 Å². The molecule has 3 nitrogen and oxygen atoms in total. The Morgan fingerprint density at radius 1 is 1.61 bits per heavy atom. The first-order valence-corrected chi connectivity index (χ1v) is 6.48. The van der Waals surface area contributed by atoms with Crippen molar-refractivity contribution in [2.24, 2.45) is 17.1 Å². The average molecular weight is 255 g/mol. The van der Waals surface area contributed by atoms with Crippen molar-refractivity contribution >= 4 is 0 Å². The maximum Gasteiger partial charge on any atom is 0.108 e. The molecule has 1 saturated heterocycles. The van der Waals surface area contributed by atoms with Crippen molar-refractivity contribution in [3.05, 3.63) is 24.1 Å². The molecule has 2 rings (SSSR count). The van der Waals surface area contributed by atoms with Crippen LogP contribution in [-0.4, -0.2) is 30.0 Å². The quantitative estimate of drug-likeness (QED) is 0.792. The van der Waals surface area contributed by atoms with Gasteiger partial charge in [0, 0.05) is 17.9 Å². The van der Waals surface area contributed by atoms with Crippen molar-refractivity contribution in [3.8, 4) is 0 Å². The highest BCUT2D eigenvalue weighted by Gasteiger charge is 2.54. The number of allylic oxidation sites excluding steroid dienone is 3. The molecule has 0 amide bonds. The topological polar surface area (TPSA) is 55.5 Å². The van der Waals surface area contributed by atoms with Gasteiger partial charge in [-0.1, -0.05) is 19.1 Å². The van der Waals surface area contributed by atoms with Crippen molar-refractivity contribution in [2.45, 2.75) is 38.3 Å². The lowest BCUT2D eigenvalue weighted by molar-refractivity contribution is -0.104. The maximum atomic E-state index is 14.3. The average Bonchev–Trinajstić information content (AvgIpc) is 2.36. The Bertz CT molecular complexity index is 382. The molecule has 0 aromatic heterocycles. The summed E-state index contributed by atoms with van der Waals surface area (Å²) in [5.74, 6) is -0.360. The van der Waals surface area contributed by atoms with Gasteiger partial charge in [0.25, 0.3) is 0 Å². The molecule has 2 aliphatic rings. The lowest BCUT2D eigenvalue weighted by atomic mass is 9.60. The van der Waals surface area contributed by atoms with Crippen LogP contribution in [0.2, 0.25) is 0 Å². The van der Waals surface area contributed by atoms with Gasteiger partial charge in [-0.25, -0.2) is 4.39 Å². The van der Waals surface area contributed by atoms with Crippen LogP contribution in [0.5, 0.6) is 0 Å². The maximum absolute atomic E-state index is 14.3. The molecule has 1 aliphatic carbocycles. The third-order valence-corrected chi connectivity index (χ3v) is 4.63. The highest BCUT2D eigenvalue weighted by molar-refractivity contribution is 5.28. The van der Waals surface area contributed by atoms with E-state index in [4.69, 9.17) is 10.5 Å². The minimum atomic E-state index is -0.862. The van der Waals surface area contributed by atoms with Gasteiger partial charge < -0.3 is 15.6 Å².